The molecule has 0 saturated heterocycles. The van der Waals surface area contributed by atoms with Gasteiger partial charge in [-0.05, 0) is 6.07 Å². The summed E-state index contributed by atoms with van der Waals surface area (Å²) in [5.41, 5.74) is 1.46. The number of hydrogen-bond donors (Lipinski definition) is 0. The average Bonchev–Trinajstić information content (AvgIpc) is 2.86. The van der Waals surface area contributed by atoms with Crippen LogP contribution in [0.3, 0.4) is 0 Å². The zero-order chi connectivity index (χ0) is 13.0. The van der Waals surface area contributed by atoms with Crippen LogP contribution in [0.1, 0.15) is 21.1 Å². The van der Waals surface area contributed by atoms with Crippen LogP contribution in [0.2, 0.25) is 0 Å². The molecule has 0 spiro atoms. The van der Waals surface area contributed by atoms with Crippen LogP contribution in [0.5, 0.6) is 11.5 Å². The van der Waals surface area contributed by atoms with Crippen molar-refractivity contribution in [2.45, 2.75) is 6.42 Å². The normalized spacial score (nSPS) is 10.1. The van der Waals surface area contributed by atoms with Crippen LogP contribution in [-0.4, -0.2) is 25.5 Å². The summed E-state index contributed by atoms with van der Waals surface area (Å²) in [4.78, 5) is 14.8. The fourth-order valence-electron chi connectivity index (χ4n) is 1.72. The minimum absolute atomic E-state index is 0.469. The zero-order valence-corrected chi connectivity index (χ0v) is 11.0. The van der Waals surface area contributed by atoms with Gasteiger partial charge < -0.3 is 9.47 Å². The number of nitrogens with zero attached hydrogens (tertiary/aromatic N) is 1. The molecule has 2 rings (SSSR count). The van der Waals surface area contributed by atoms with E-state index in [4.69, 9.17) is 9.47 Å². The highest BCUT2D eigenvalue weighted by atomic mass is 32.1. The van der Waals surface area contributed by atoms with Gasteiger partial charge >= 0.3 is 0 Å². The quantitative estimate of drug-likeness (QED) is 0.778. The highest BCUT2D eigenvalue weighted by Gasteiger charge is 2.11. The number of aromatic nitrogens is 1. The number of ether oxygens (including phenoxy) is 2. The number of thiazole rings is 1. The van der Waals surface area contributed by atoms with Crippen LogP contribution < -0.4 is 9.47 Å². The third-order valence-electron chi connectivity index (χ3n) is 2.52. The first-order chi connectivity index (χ1) is 8.78. The molecule has 0 bridgehead atoms. The second kappa shape index (κ2) is 5.64. The van der Waals surface area contributed by atoms with E-state index >= 15 is 0 Å². The monoisotopic (exact) mass is 263 g/mol. The molecule has 5 heteroatoms. The molecule has 0 saturated carbocycles. The van der Waals surface area contributed by atoms with Crippen molar-refractivity contribution in [2.24, 2.45) is 0 Å². The number of benzene rings is 1. The standard InChI is InChI=1S/C13H13NO3S/c1-16-11-5-3-4-9(13(11)17-2)6-12-14-10(7-15)8-18-12/h3-5,7-8H,6H2,1-2H3. The van der Waals surface area contributed by atoms with E-state index in [1.165, 1.54) is 11.3 Å². The maximum absolute atomic E-state index is 10.6. The summed E-state index contributed by atoms with van der Waals surface area (Å²) in [5.74, 6) is 1.41. The third-order valence-corrected chi connectivity index (χ3v) is 3.38. The van der Waals surface area contributed by atoms with Crippen LogP contribution in [0.25, 0.3) is 0 Å². The number of hydrogen-bond acceptors (Lipinski definition) is 5. The SMILES string of the molecule is COc1cccc(Cc2nc(C=O)cs2)c1OC. The lowest BCUT2D eigenvalue weighted by Gasteiger charge is -2.11. The lowest BCUT2D eigenvalue weighted by atomic mass is 10.1. The van der Waals surface area contributed by atoms with Gasteiger partial charge in [0.05, 0.1) is 19.2 Å². The summed E-state index contributed by atoms with van der Waals surface area (Å²) in [5, 5.41) is 2.62. The van der Waals surface area contributed by atoms with E-state index in [1.54, 1.807) is 19.6 Å². The summed E-state index contributed by atoms with van der Waals surface area (Å²) in [7, 11) is 3.22. The number of methoxy groups -OCH3 is 2. The number of rotatable bonds is 5. The van der Waals surface area contributed by atoms with Gasteiger partial charge in [-0.3, -0.25) is 4.79 Å². The Bertz CT molecular complexity index is 551. The Morgan fingerprint density at radius 1 is 1.33 bits per heavy atom. The molecular weight excluding hydrogens is 250 g/mol. The Morgan fingerprint density at radius 2 is 2.17 bits per heavy atom. The molecule has 0 unspecified atom stereocenters. The smallest absolute Gasteiger partial charge is 0.169 e. The lowest BCUT2D eigenvalue weighted by molar-refractivity contribution is 0.111. The largest absolute Gasteiger partial charge is 0.493 e. The fourth-order valence-corrected chi connectivity index (χ4v) is 2.48. The molecule has 0 aliphatic carbocycles. The number of para-hydroxylation sites is 1. The molecular formula is C13H13NO3S. The predicted molar refractivity (Wildman–Crippen MR) is 69.9 cm³/mol. The minimum Gasteiger partial charge on any atom is -0.493 e. The van der Waals surface area contributed by atoms with Crippen molar-refractivity contribution in [3.63, 3.8) is 0 Å². The van der Waals surface area contributed by atoms with Gasteiger partial charge in [0.25, 0.3) is 0 Å². The minimum atomic E-state index is 0.469. The number of aldehydes is 1. The van der Waals surface area contributed by atoms with Gasteiger partial charge in [0, 0.05) is 17.4 Å². The Balaban J connectivity index is 2.30. The van der Waals surface area contributed by atoms with Crippen molar-refractivity contribution in [2.75, 3.05) is 14.2 Å². The second-order valence-corrected chi connectivity index (χ2v) is 4.56. The molecule has 1 aromatic carbocycles. The third kappa shape index (κ3) is 2.51. The lowest BCUT2D eigenvalue weighted by Crippen LogP contribution is -1.97. The van der Waals surface area contributed by atoms with Gasteiger partial charge in [-0.2, -0.15) is 0 Å². The van der Waals surface area contributed by atoms with Gasteiger partial charge in [-0.25, -0.2) is 4.98 Å². The molecule has 0 amide bonds. The summed E-state index contributed by atoms with van der Waals surface area (Å²) < 4.78 is 10.6. The average molecular weight is 263 g/mol. The van der Waals surface area contributed by atoms with Crippen molar-refractivity contribution in [1.82, 2.24) is 4.98 Å². The van der Waals surface area contributed by atoms with E-state index in [1.807, 2.05) is 18.2 Å². The van der Waals surface area contributed by atoms with E-state index in [-0.39, 0.29) is 0 Å². The van der Waals surface area contributed by atoms with Crippen LogP contribution in [0.4, 0.5) is 0 Å². The highest BCUT2D eigenvalue weighted by Crippen LogP contribution is 2.32. The topological polar surface area (TPSA) is 48.4 Å². The summed E-state index contributed by atoms with van der Waals surface area (Å²) in [6, 6.07) is 5.72. The molecule has 94 valence electrons. The van der Waals surface area contributed by atoms with Gasteiger partial charge in [0.1, 0.15) is 5.69 Å². The van der Waals surface area contributed by atoms with Crippen molar-refractivity contribution < 1.29 is 14.3 Å². The molecule has 0 aliphatic heterocycles. The highest BCUT2D eigenvalue weighted by molar-refractivity contribution is 7.09. The van der Waals surface area contributed by atoms with E-state index in [9.17, 15) is 4.79 Å². The van der Waals surface area contributed by atoms with Crippen LogP contribution in [0, 0.1) is 0 Å². The summed E-state index contributed by atoms with van der Waals surface area (Å²) in [6.07, 6.45) is 1.38. The Labute approximate surface area is 109 Å². The molecule has 0 radical (unpaired) electrons. The van der Waals surface area contributed by atoms with Gasteiger partial charge in [-0.1, -0.05) is 12.1 Å². The van der Waals surface area contributed by atoms with E-state index < -0.39 is 0 Å². The van der Waals surface area contributed by atoms with Crippen molar-refractivity contribution >= 4 is 17.6 Å². The summed E-state index contributed by atoms with van der Waals surface area (Å²) in [6.45, 7) is 0. The number of carbonyl (C=O) groups excluding carboxylic acids is 1. The first-order valence-corrected chi connectivity index (χ1v) is 6.26. The van der Waals surface area contributed by atoms with Crippen molar-refractivity contribution in [3.05, 3.63) is 39.8 Å². The van der Waals surface area contributed by atoms with Crippen molar-refractivity contribution in [1.29, 1.82) is 0 Å². The molecule has 0 N–H and O–H groups in total. The van der Waals surface area contributed by atoms with Crippen LogP contribution in [0.15, 0.2) is 23.6 Å². The van der Waals surface area contributed by atoms with Crippen LogP contribution in [-0.2, 0) is 6.42 Å². The van der Waals surface area contributed by atoms with Gasteiger partial charge in [0.15, 0.2) is 17.8 Å². The molecule has 18 heavy (non-hydrogen) atoms. The van der Waals surface area contributed by atoms with Gasteiger partial charge in [-0.15, -0.1) is 11.3 Å². The molecule has 2 aromatic rings. The van der Waals surface area contributed by atoms with E-state index in [2.05, 4.69) is 4.98 Å². The molecule has 1 heterocycles. The molecule has 0 aliphatic rings. The first-order valence-electron chi connectivity index (χ1n) is 5.38. The van der Waals surface area contributed by atoms with Gasteiger partial charge in [0.2, 0.25) is 0 Å². The Morgan fingerprint density at radius 3 is 2.78 bits per heavy atom. The van der Waals surface area contributed by atoms with E-state index in [0.29, 0.717) is 23.6 Å². The van der Waals surface area contributed by atoms with E-state index in [0.717, 1.165) is 16.9 Å². The number of carbonyl (C=O) groups is 1. The van der Waals surface area contributed by atoms with Crippen LogP contribution >= 0.6 is 11.3 Å². The maximum atomic E-state index is 10.6. The molecule has 4 nitrogen and oxygen atoms in total. The second-order valence-electron chi connectivity index (χ2n) is 3.61. The molecule has 1 aromatic heterocycles. The Kier molecular flexibility index (Phi) is 3.94. The van der Waals surface area contributed by atoms with Crippen molar-refractivity contribution in [3.8, 4) is 11.5 Å². The maximum Gasteiger partial charge on any atom is 0.169 e. The first kappa shape index (κ1) is 12.6. The Hall–Kier alpha value is -1.88. The predicted octanol–water partition coefficient (Wildman–Crippen LogP) is 2.56. The zero-order valence-electron chi connectivity index (χ0n) is 10.2. The molecule has 0 atom stereocenters. The summed E-state index contributed by atoms with van der Waals surface area (Å²) >= 11 is 1.46. The fraction of sp³-hybridized carbons (Fsp3) is 0.231. The molecule has 0 fully saturated rings.